The molecule has 4 nitrogen and oxygen atoms in total. The number of nitrogen functional groups attached to an aromatic ring is 1. The van der Waals surface area contributed by atoms with E-state index in [0.29, 0.717) is 5.69 Å². The topological polar surface area (TPSA) is 63.4 Å². The molecule has 0 unspecified atom stereocenters. The second-order valence-corrected chi connectivity index (χ2v) is 7.60. The number of hydrogen-bond donors (Lipinski definition) is 1. The number of fused-ring (bicyclic) bond motifs is 5. The maximum absolute atomic E-state index is 12.9. The van der Waals surface area contributed by atoms with Crippen molar-refractivity contribution in [3.05, 3.63) is 71.8 Å². The number of benzene rings is 2. The molecular formula is C22H20N2O2. The van der Waals surface area contributed by atoms with Crippen LogP contribution in [0.4, 0.5) is 11.4 Å². The van der Waals surface area contributed by atoms with E-state index < -0.39 is 0 Å². The van der Waals surface area contributed by atoms with E-state index in [-0.39, 0.29) is 35.5 Å². The van der Waals surface area contributed by atoms with Gasteiger partial charge in [0.2, 0.25) is 11.8 Å². The minimum atomic E-state index is -0.146. The molecule has 0 spiro atoms. The molecule has 0 aromatic heterocycles. The summed E-state index contributed by atoms with van der Waals surface area (Å²) in [5.41, 5.74) is 9.48. The molecule has 5 rings (SSSR count). The minimum Gasteiger partial charge on any atom is -0.399 e. The van der Waals surface area contributed by atoms with Crippen LogP contribution < -0.4 is 10.6 Å². The highest BCUT2D eigenvalue weighted by atomic mass is 16.2. The van der Waals surface area contributed by atoms with Crippen molar-refractivity contribution in [1.82, 2.24) is 0 Å². The summed E-state index contributed by atoms with van der Waals surface area (Å²) in [5, 5.41) is 0. The van der Waals surface area contributed by atoms with E-state index in [2.05, 4.69) is 12.2 Å². The number of allylic oxidation sites excluding steroid dienone is 2. The molecule has 4 atom stereocenters. The van der Waals surface area contributed by atoms with E-state index in [1.807, 2.05) is 48.5 Å². The lowest BCUT2D eigenvalue weighted by molar-refractivity contribution is -0.123. The molecule has 3 aliphatic rings. The number of imide groups is 1. The molecule has 1 saturated heterocycles. The largest absolute Gasteiger partial charge is 0.399 e. The molecule has 2 amide bonds. The lowest BCUT2D eigenvalue weighted by atomic mass is 9.85. The maximum atomic E-state index is 12.9. The first-order valence-electron chi connectivity index (χ1n) is 9.11. The van der Waals surface area contributed by atoms with E-state index in [9.17, 15) is 9.59 Å². The number of carbonyl (C=O) groups is 2. The van der Waals surface area contributed by atoms with E-state index in [1.165, 1.54) is 10.5 Å². The lowest BCUT2D eigenvalue weighted by Crippen LogP contribution is -2.32. The molecule has 1 aliphatic heterocycles. The van der Waals surface area contributed by atoms with Crippen LogP contribution in [0.1, 0.15) is 17.5 Å². The van der Waals surface area contributed by atoms with Crippen LogP contribution in [0.25, 0.3) is 0 Å². The van der Waals surface area contributed by atoms with Gasteiger partial charge in [-0.3, -0.25) is 14.5 Å². The molecule has 2 aliphatic carbocycles. The maximum Gasteiger partial charge on any atom is 0.238 e. The molecule has 2 bridgehead atoms. The van der Waals surface area contributed by atoms with Gasteiger partial charge in [-0.15, -0.1) is 0 Å². The molecular weight excluding hydrogens is 324 g/mol. The van der Waals surface area contributed by atoms with Crippen molar-refractivity contribution in [1.29, 1.82) is 0 Å². The second kappa shape index (κ2) is 5.56. The summed E-state index contributed by atoms with van der Waals surface area (Å²) in [4.78, 5) is 27.1. The number of anilines is 2. The summed E-state index contributed by atoms with van der Waals surface area (Å²) in [7, 11) is 0. The van der Waals surface area contributed by atoms with Crippen LogP contribution in [0.2, 0.25) is 0 Å². The Balaban J connectivity index is 1.37. The first kappa shape index (κ1) is 15.4. The Hall–Kier alpha value is -2.88. The average Bonchev–Trinajstić information content (AvgIpc) is 3.32. The van der Waals surface area contributed by atoms with Crippen molar-refractivity contribution in [2.24, 2.45) is 23.7 Å². The summed E-state index contributed by atoms with van der Waals surface area (Å²) in [6.45, 7) is 0. The molecule has 130 valence electrons. The predicted molar refractivity (Wildman–Crippen MR) is 100 cm³/mol. The van der Waals surface area contributed by atoms with Gasteiger partial charge in [0, 0.05) is 5.69 Å². The molecule has 1 saturated carbocycles. The van der Waals surface area contributed by atoms with Gasteiger partial charge in [0.15, 0.2) is 0 Å². The Labute approximate surface area is 152 Å². The zero-order valence-corrected chi connectivity index (χ0v) is 14.3. The summed E-state index contributed by atoms with van der Waals surface area (Å²) < 4.78 is 0. The molecule has 2 N–H and O–H groups in total. The average molecular weight is 344 g/mol. The first-order valence-corrected chi connectivity index (χ1v) is 9.11. The van der Waals surface area contributed by atoms with Gasteiger partial charge in [-0.1, -0.05) is 36.4 Å². The summed E-state index contributed by atoms with van der Waals surface area (Å²) in [6.07, 6.45) is 6.00. The summed E-state index contributed by atoms with van der Waals surface area (Å²) in [5.74, 6) is 0.151. The Bertz CT molecular complexity index is 884. The predicted octanol–water partition coefficient (Wildman–Crippen LogP) is 3.17. The van der Waals surface area contributed by atoms with E-state index in [4.69, 9.17) is 5.73 Å². The number of nitrogens with two attached hydrogens (primary N) is 1. The highest BCUT2D eigenvalue weighted by molar-refractivity contribution is 6.22. The van der Waals surface area contributed by atoms with Gasteiger partial charge in [-0.05, 0) is 60.1 Å². The quantitative estimate of drug-likeness (QED) is 0.528. The van der Waals surface area contributed by atoms with Crippen LogP contribution in [0.5, 0.6) is 0 Å². The molecule has 1 heterocycles. The molecule has 2 aromatic rings. The van der Waals surface area contributed by atoms with Crippen LogP contribution >= 0.6 is 0 Å². The normalized spacial score (nSPS) is 28.8. The van der Waals surface area contributed by atoms with E-state index in [0.717, 1.165) is 24.1 Å². The summed E-state index contributed by atoms with van der Waals surface area (Å²) in [6, 6.07) is 15.6. The fourth-order valence-electron chi connectivity index (χ4n) is 4.79. The van der Waals surface area contributed by atoms with Gasteiger partial charge in [0.1, 0.15) is 0 Å². The second-order valence-electron chi connectivity index (χ2n) is 7.60. The molecule has 26 heavy (non-hydrogen) atoms. The van der Waals surface area contributed by atoms with Crippen molar-refractivity contribution < 1.29 is 9.59 Å². The van der Waals surface area contributed by atoms with Crippen LogP contribution in [0.3, 0.4) is 0 Å². The van der Waals surface area contributed by atoms with Crippen molar-refractivity contribution in [2.75, 3.05) is 10.6 Å². The van der Waals surface area contributed by atoms with Gasteiger partial charge >= 0.3 is 0 Å². The van der Waals surface area contributed by atoms with Gasteiger partial charge < -0.3 is 5.73 Å². The van der Waals surface area contributed by atoms with Gasteiger partial charge in [-0.25, -0.2) is 0 Å². The van der Waals surface area contributed by atoms with Crippen LogP contribution in [-0.2, 0) is 16.0 Å². The third kappa shape index (κ3) is 2.22. The van der Waals surface area contributed by atoms with E-state index in [1.54, 1.807) is 0 Å². The van der Waals surface area contributed by atoms with Crippen molar-refractivity contribution >= 4 is 23.2 Å². The first-order chi connectivity index (χ1) is 12.6. The fraction of sp³-hybridized carbons (Fsp3) is 0.273. The zero-order valence-electron chi connectivity index (χ0n) is 14.3. The standard InChI is InChI=1S/C22H20N2O2/c23-17-7-1-13(2-8-17)11-14-3-9-18(10-4-14)24-21(25)19-15-5-6-16(12-15)20(19)22(24)26/h1-10,15-16,19-20H,11-12,23H2/t15-,16-,19-,20+/m1/s1. The SMILES string of the molecule is Nc1ccc(Cc2ccc(N3C(=O)[C@@H]4[C@H](C3=O)[C@@H]3C=C[C@@H]4C3)cc2)cc1. The van der Waals surface area contributed by atoms with Gasteiger partial charge in [0.05, 0.1) is 17.5 Å². The monoisotopic (exact) mass is 344 g/mol. The number of carbonyl (C=O) groups excluding carboxylic acids is 2. The minimum absolute atomic E-state index is 0.0249. The van der Waals surface area contributed by atoms with Gasteiger partial charge in [0.25, 0.3) is 0 Å². The lowest BCUT2D eigenvalue weighted by Gasteiger charge is -2.17. The Kier molecular flexibility index (Phi) is 3.29. The zero-order chi connectivity index (χ0) is 17.8. The Morgan fingerprint density at radius 1 is 0.808 bits per heavy atom. The highest BCUT2D eigenvalue weighted by Crippen LogP contribution is 2.53. The van der Waals surface area contributed by atoms with Crippen molar-refractivity contribution in [3.8, 4) is 0 Å². The Morgan fingerprint density at radius 2 is 1.31 bits per heavy atom. The third-order valence-electron chi connectivity index (χ3n) is 6.05. The van der Waals surface area contributed by atoms with Crippen LogP contribution in [0, 0.1) is 23.7 Å². The molecule has 0 radical (unpaired) electrons. The van der Waals surface area contributed by atoms with E-state index >= 15 is 0 Å². The molecule has 2 aromatic carbocycles. The Morgan fingerprint density at radius 3 is 1.85 bits per heavy atom. The van der Waals surface area contributed by atoms with Crippen LogP contribution in [-0.4, -0.2) is 11.8 Å². The fourth-order valence-corrected chi connectivity index (χ4v) is 4.79. The number of rotatable bonds is 3. The summed E-state index contributed by atoms with van der Waals surface area (Å²) >= 11 is 0. The van der Waals surface area contributed by atoms with Gasteiger partial charge in [-0.2, -0.15) is 0 Å². The van der Waals surface area contributed by atoms with Crippen LogP contribution in [0.15, 0.2) is 60.7 Å². The van der Waals surface area contributed by atoms with Crippen molar-refractivity contribution in [2.45, 2.75) is 12.8 Å². The number of amides is 2. The van der Waals surface area contributed by atoms with Crippen molar-refractivity contribution in [3.63, 3.8) is 0 Å². The molecule has 2 fully saturated rings. The highest BCUT2D eigenvalue weighted by Gasteiger charge is 2.59. The molecule has 4 heteroatoms. The number of nitrogens with zero attached hydrogens (tertiary/aromatic N) is 1. The number of hydrogen-bond acceptors (Lipinski definition) is 3. The third-order valence-corrected chi connectivity index (χ3v) is 6.05. The smallest absolute Gasteiger partial charge is 0.238 e.